The van der Waals surface area contributed by atoms with E-state index in [1.54, 1.807) is 0 Å². The van der Waals surface area contributed by atoms with Crippen LogP contribution in [0.15, 0.2) is 0 Å². The lowest BCUT2D eigenvalue weighted by Crippen LogP contribution is -2.12. The van der Waals surface area contributed by atoms with Gasteiger partial charge < -0.3 is 19.8 Å². The summed E-state index contributed by atoms with van der Waals surface area (Å²) >= 11 is 0. The minimum Gasteiger partial charge on any atom is -0.396 e. The Kier molecular flexibility index (Phi) is 18.0. The molecule has 0 fully saturated rings. The summed E-state index contributed by atoms with van der Waals surface area (Å²) in [4.78, 5) is 21.6. The van der Waals surface area contributed by atoms with Crippen LogP contribution in [0, 0.1) is 0 Å². The fourth-order valence-corrected chi connectivity index (χ4v) is 3.61. The molecule has 7 nitrogen and oxygen atoms in total. The molecule has 148 valence electrons. The molecule has 0 aromatic rings. The summed E-state index contributed by atoms with van der Waals surface area (Å²) in [7, 11) is -7.55. The first-order chi connectivity index (χ1) is 11.1. The fraction of sp³-hybridized carbons (Fsp3) is 1.00. The first-order valence-corrected chi connectivity index (χ1v) is 12.1. The summed E-state index contributed by atoms with van der Waals surface area (Å²) in [6, 6.07) is 0. The number of aliphatic hydroxyl groups excluding tert-OH is 1. The van der Waals surface area contributed by atoms with Crippen LogP contribution in [-0.2, 0) is 14.4 Å². The molecule has 0 aliphatic heterocycles. The van der Waals surface area contributed by atoms with Crippen LogP contribution in [0.3, 0.4) is 0 Å². The molecule has 0 heterocycles. The molecule has 9 heteroatoms. The monoisotopic (exact) mass is 390 g/mol. The van der Waals surface area contributed by atoms with Gasteiger partial charge in [-0.15, -0.1) is 0 Å². The standard InChI is InChI=1S/C15H32O3S.H3O4P/c1-2-3-4-5-6-7-8-9-10-11-14-19(17,18)15-12-13-16;1-5(2,3)4/h16H,2-15H2,1H3;(H3,1,2,3,4). The largest absolute Gasteiger partial charge is 0.466 e. The highest BCUT2D eigenvalue weighted by Gasteiger charge is 2.09. The second-order valence-corrected chi connectivity index (χ2v) is 9.25. The van der Waals surface area contributed by atoms with Crippen molar-refractivity contribution in [1.29, 1.82) is 0 Å². The van der Waals surface area contributed by atoms with E-state index in [0.29, 0.717) is 12.2 Å². The molecule has 0 spiro atoms. The quantitative estimate of drug-likeness (QED) is 0.265. The molecule has 0 atom stereocenters. The molecule has 0 aromatic heterocycles. The fourth-order valence-electron chi connectivity index (χ4n) is 2.20. The molecule has 0 bridgehead atoms. The van der Waals surface area contributed by atoms with E-state index in [4.69, 9.17) is 24.4 Å². The van der Waals surface area contributed by atoms with Gasteiger partial charge in [-0.05, 0) is 12.8 Å². The van der Waals surface area contributed by atoms with Crippen LogP contribution in [0.4, 0.5) is 0 Å². The Labute approximate surface area is 146 Å². The van der Waals surface area contributed by atoms with Crippen LogP contribution >= 0.6 is 7.82 Å². The van der Waals surface area contributed by atoms with Crippen LogP contribution in [0.5, 0.6) is 0 Å². The number of rotatable bonds is 14. The van der Waals surface area contributed by atoms with Gasteiger partial charge in [0.05, 0.1) is 11.5 Å². The van der Waals surface area contributed by atoms with Crippen molar-refractivity contribution in [3.8, 4) is 0 Å². The molecule has 0 saturated heterocycles. The number of aliphatic hydroxyl groups is 1. The van der Waals surface area contributed by atoms with Gasteiger partial charge in [-0.25, -0.2) is 13.0 Å². The SMILES string of the molecule is CCCCCCCCCCCCS(=O)(=O)CCCO.O=P(O)(O)O. The normalized spacial score (nSPS) is 11.9. The van der Waals surface area contributed by atoms with Gasteiger partial charge in [-0.2, -0.15) is 0 Å². The van der Waals surface area contributed by atoms with Gasteiger partial charge in [0, 0.05) is 6.61 Å². The molecule has 0 aromatic carbocycles. The molecular formula is C15H35O7PS. The number of phosphoric acid groups is 1. The van der Waals surface area contributed by atoms with Crippen molar-refractivity contribution in [3.63, 3.8) is 0 Å². The van der Waals surface area contributed by atoms with E-state index in [-0.39, 0.29) is 12.4 Å². The van der Waals surface area contributed by atoms with Crippen molar-refractivity contribution in [2.24, 2.45) is 0 Å². The van der Waals surface area contributed by atoms with Gasteiger partial charge in [-0.1, -0.05) is 64.7 Å². The second-order valence-electron chi connectivity index (χ2n) is 5.92. The number of sulfone groups is 1. The van der Waals surface area contributed by atoms with Crippen molar-refractivity contribution in [2.45, 2.75) is 77.6 Å². The zero-order valence-corrected chi connectivity index (χ0v) is 16.5. The van der Waals surface area contributed by atoms with E-state index in [0.717, 1.165) is 19.3 Å². The lowest BCUT2D eigenvalue weighted by Gasteiger charge is -2.04. The van der Waals surface area contributed by atoms with E-state index in [1.807, 2.05) is 0 Å². The third-order valence-corrected chi connectivity index (χ3v) is 5.24. The molecule has 0 amide bonds. The van der Waals surface area contributed by atoms with Crippen molar-refractivity contribution in [2.75, 3.05) is 18.1 Å². The molecule has 0 rings (SSSR count). The molecule has 0 aliphatic carbocycles. The first-order valence-electron chi connectivity index (χ1n) is 8.72. The average molecular weight is 390 g/mol. The van der Waals surface area contributed by atoms with Crippen LogP contribution in [0.25, 0.3) is 0 Å². The van der Waals surface area contributed by atoms with Gasteiger partial charge >= 0.3 is 7.82 Å². The highest BCUT2D eigenvalue weighted by atomic mass is 32.2. The van der Waals surface area contributed by atoms with Gasteiger partial charge in [0.2, 0.25) is 0 Å². The van der Waals surface area contributed by atoms with Gasteiger partial charge in [-0.3, -0.25) is 0 Å². The van der Waals surface area contributed by atoms with Crippen LogP contribution in [-0.4, -0.2) is 46.3 Å². The average Bonchev–Trinajstić information content (AvgIpc) is 2.45. The Hall–Kier alpha value is 0.0200. The zero-order valence-electron chi connectivity index (χ0n) is 14.8. The van der Waals surface area contributed by atoms with Crippen molar-refractivity contribution in [3.05, 3.63) is 0 Å². The van der Waals surface area contributed by atoms with E-state index >= 15 is 0 Å². The maximum atomic E-state index is 11.5. The lowest BCUT2D eigenvalue weighted by atomic mass is 10.1. The van der Waals surface area contributed by atoms with Crippen LogP contribution in [0.1, 0.15) is 77.6 Å². The highest BCUT2D eigenvalue weighted by molar-refractivity contribution is 7.91. The minimum atomic E-state index is -4.64. The Balaban J connectivity index is 0. The summed E-state index contributed by atoms with van der Waals surface area (Å²) in [5.41, 5.74) is 0. The lowest BCUT2D eigenvalue weighted by molar-refractivity contribution is 0.275. The number of hydrogen-bond donors (Lipinski definition) is 4. The van der Waals surface area contributed by atoms with Crippen molar-refractivity contribution >= 4 is 17.7 Å². The van der Waals surface area contributed by atoms with E-state index in [9.17, 15) is 8.42 Å². The molecular weight excluding hydrogens is 355 g/mol. The Bertz CT molecular complexity index is 398. The smallest absolute Gasteiger partial charge is 0.396 e. The summed E-state index contributed by atoms with van der Waals surface area (Å²) in [5, 5.41) is 8.61. The maximum absolute atomic E-state index is 11.5. The predicted octanol–water partition coefficient (Wildman–Crippen LogP) is 2.78. The maximum Gasteiger partial charge on any atom is 0.466 e. The molecule has 0 aliphatic rings. The third kappa shape index (κ3) is 30.0. The summed E-state index contributed by atoms with van der Waals surface area (Å²) in [6.07, 6.45) is 12.6. The van der Waals surface area contributed by atoms with Gasteiger partial charge in [0.1, 0.15) is 9.84 Å². The summed E-state index contributed by atoms with van der Waals surface area (Å²) < 4.78 is 31.9. The summed E-state index contributed by atoms with van der Waals surface area (Å²) in [5.74, 6) is 0.435. The van der Waals surface area contributed by atoms with E-state index in [2.05, 4.69) is 6.92 Å². The second kappa shape index (κ2) is 16.5. The molecule has 4 N–H and O–H groups in total. The summed E-state index contributed by atoms with van der Waals surface area (Å²) in [6.45, 7) is 2.20. The molecule has 0 radical (unpaired) electrons. The Morgan fingerprint density at radius 3 is 1.42 bits per heavy atom. The third-order valence-electron chi connectivity index (χ3n) is 3.42. The van der Waals surface area contributed by atoms with Gasteiger partial charge in [0.15, 0.2) is 0 Å². The molecule has 24 heavy (non-hydrogen) atoms. The first kappa shape index (κ1) is 26.3. The van der Waals surface area contributed by atoms with E-state index < -0.39 is 17.7 Å². The highest BCUT2D eigenvalue weighted by Crippen LogP contribution is 2.25. The van der Waals surface area contributed by atoms with Crippen LogP contribution in [0.2, 0.25) is 0 Å². The minimum absolute atomic E-state index is 0.0305. The number of unbranched alkanes of at least 4 members (excludes halogenated alkanes) is 9. The Morgan fingerprint density at radius 1 is 0.708 bits per heavy atom. The van der Waals surface area contributed by atoms with E-state index in [1.165, 1.54) is 44.9 Å². The van der Waals surface area contributed by atoms with Gasteiger partial charge in [0.25, 0.3) is 0 Å². The van der Waals surface area contributed by atoms with Crippen LogP contribution < -0.4 is 0 Å². The predicted molar refractivity (Wildman–Crippen MR) is 96.5 cm³/mol. The van der Waals surface area contributed by atoms with Crippen molar-refractivity contribution < 1.29 is 32.8 Å². The topological polar surface area (TPSA) is 132 Å². The zero-order chi connectivity index (χ0) is 18.9. The van der Waals surface area contributed by atoms with Crippen molar-refractivity contribution in [1.82, 2.24) is 0 Å². The Morgan fingerprint density at radius 2 is 1.04 bits per heavy atom. The molecule has 0 saturated carbocycles. The molecule has 0 unspecified atom stereocenters. The number of hydrogen-bond acceptors (Lipinski definition) is 4.